The van der Waals surface area contributed by atoms with Gasteiger partial charge in [0.25, 0.3) is 0 Å². The van der Waals surface area contributed by atoms with Crippen LogP contribution < -0.4 is 5.73 Å². The second kappa shape index (κ2) is 3.67. The van der Waals surface area contributed by atoms with Gasteiger partial charge in [-0.05, 0) is 22.0 Å². The molecule has 0 aliphatic carbocycles. The van der Waals surface area contributed by atoms with Gasteiger partial charge >= 0.3 is 0 Å². The normalized spacial score (nSPS) is 10.1. The summed E-state index contributed by atoms with van der Waals surface area (Å²) in [5, 5.41) is 0. The highest BCUT2D eigenvalue weighted by molar-refractivity contribution is 9.10. The van der Waals surface area contributed by atoms with Crippen LogP contribution in [0.25, 0.3) is 11.6 Å². The summed E-state index contributed by atoms with van der Waals surface area (Å²) in [4.78, 5) is 16.1. The van der Waals surface area contributed by atoms with E-state index in [1.807, 2.05) is 0 Å². The van der Waals surface area contributed by atoms with Crippen molar-refractivity contribution in [3.05, 3.63) is 29.1 Å². The highest BCUT2D eigenvalue weighted by Gasteiger charge is 2.05. The maximum Gasteiger partial charge on any atom is 0.199 e. The third kappa shape index (κ3) is 1.69. The Morgan fingerprint density at radius 2 is 1.79 bits per heavy atom. The molecule has 2 aromatic rings. The molecule has 0 bridgehead atoms. The molecule has 14 heavy (non-hydrogen) atoms. The largest absolute Gasteiger partial charge is 0.383 e. The average Bonchev–Trinajstić information content (AvgIpc) is 2.23. The fraction of sp³-hybridized carbons (Fsp3) is 0. The number of nitrogens with zero attached hydrogens (tertiary/aromatic N) is 4. The molecule has 0 atom stereocenters. The van der Waals surface area contributed by atoms with Crippen molar-refractivity contribution >= 4 is 21.7 Å². The molecule has 0 amide bonds. The Kier molecular flexibility index (Phi) is 2.36. The molecular formula is C8H6BrN5. The average molecular weight is 252 g/mol. The Bertz CT molecular complexity index is 445. The van der Waals surface area contributed by atoms with Crippen LogP contribution in [0.2, 0.25) is 0 Å². The van der Waals surface area contributed by atoms with E-state index < -0.39 is 0 Å². The van der Waals surface area contributed by atoms with Crippen LogP contribution in [0.1, 0.15) is 0 Å². The number of aromatic nitrogens is 4. The summed E-state index contributed by atoms with van der Waals surface area (Å²) < 4.78 is 0.664. The van der Waals surface area contributed by atoms with E-state index in [4.69, 9.17) is 5.73 Å². The zero-order chi connectivity index (χ0) is 9.97. The summed E-state index contributed by atoms with van der Waals surface area (Å²) in [6, 6.07) is 1.73. The number of nitrogens with two attached hydrogens (primary N) is 1. The van der Waals surface area contributed by atoms with Crippen LogP contribution in [-0.4, -0.2) is 19.9 Å². The van der Waals surface area contributed by atoms with Crippen molar-refractivity contribution in [1.82, 2.24) is 19.9 Å². The molecule has 0 unspecified atom stereocenters. The lowest BCUT2D eigenvalue weighted by Gasteiger charge is -1.99. The predicted molar refractivity (Wildman–Crippen MR) is 55.2 cm³/mol. The molecule has 0 aliphatic rings. The van der Waals surface area contributed by atoms with Crippen molar-refractivity contribution in [2.24, 2.45) is 0 Å². The number of halogens is 1. The van der Waals surface area contributed by atoms with Crippen LogP contribution in [-0.2, 0) is 0 Å². The fourth-order valence-corrected chi connectivity index (χ4v) is 1.09. The van der Waals surface area contributed by atoms with Gasteiger partial charge in [0, 0.05) is 18.6 Å². The quantitative estimate of drug-likeness (QED) is 0.827. The van der Waals surface area contributed by atoms with Crippen molar-refractivity contribution in [2.45, 2.75) is 0 Å². The van der Waals surface area contributed by atoms with E-state index >= 15 is 0 Å². The monoisotopic (exact) mass is 251 g/mol. The Balaban J connectivity index is 2.48. The number of anilines is 1. The molecule has 2 heterocycles. The Labute approximate surface area is 88.6 Å². The molecule has 0 fully saturated rings. The zero-order valence-corrected chi connectivity index (χ0v) is 8.64. The Morgan fingerprint density at radius 3 is 2.43 bits per heavy atom. The molecule has 0 saturated carbocycles. The molecule has 70 valence electrons. The van der Waals surface area contributed by atoms with Crippen LogP contribution >= 0.6 is 15.9 Å². The standard InChI is InChI=1S/C8H6BrN5/c9-5-4-13-8(14-6(5)10)7-11-2-1-3-12-7/h1-4H,(H2,10,13,14). The van der Waals surface area contributed by atoms with Crippen LogP contribution in [0.3, 0.4) is 0 Å². The first-order valence-corrected chi connectivity index (χ1v) is 4.62. The minimum Gasteiger partial charge on any atom is -0.383 e. The molecule has 2 N–H and O–H groups in total. The first-order chi connectivity index (χ1) is 6.77. The molecule has 0 saturated heterocycles. The molecule has 6 heteroatoms. The van der Waals surface area contributed by atoms with E-state index in [0.717, 1.165) is 0 Å². The van der Waals surface area contributed by atoms with Crippen molar-refractivity contribution in [3.8, 4) is 11.6 Å². The highest BCUT2D eigenvalue weighted by atomic mass is 79.9. The van der Waals surface area contributed by atoms with Gasteiger partial charge in [0.1, 0.15) is 5.82 Å². The molecule has 2 aromatic heterocycles. The van der Waals surface area contributed by atoms with Crippen LogP contribution in [0.5, 0.6) is 0 Å². The van der Waals surface area contributed by atoms with Gasteiger partial charge in [0.05, 0.1) is 4.47 Å². The first-order valence-electron chi connectivity index (χ1n) is 3.83. The van der Waals surface area contributed by atoms with Crippen molar-refractivity contribution < 1.29 is 0 Å². The lowest BCUT2D eigenvalue weighted by Crippen LogP contribution is -1.98. The van der Waals surface area contributed by atoms with Gasteiger partial charge in [-0.25, -0.2) is 19.9 Å². The van der Waals surface area contributed by atoms with Gasteiger partial charge in [0.2, 0.25) is 0 Å². The Morgan fingerprint density at radius 1 is 1.07 bits per heavy atom. The summed E-state index contributed by atoms with van der Waals surface area (Å²) in [6.45, 7) is 0. The predicted octanol–water partition coefficient (Wildman–Crippen LogP) is 1.28. The second-order valence-corrected chi connectivity index (χ2v) is 3.35. The summed E-state index contributed by atoms with van der Waals surface area (Å²) in [7, 11) is 0. The van der Waals surface area contributed by atoms with E-state index in [-0.39, 0.29) is 0 Å². The summed E-state index contributed by atoms with van der Waals surface area (Å²) in [6.07, 6.45) is 4.84. The SMILES string of the molecule is Nc1nc(-c2ncccn2)ncc1Br. The molecular weight excluding hydrogens is 246 g/mol. The van der Waals surface area contributed by atoms with E-state index in [2.05, 4.69) is 35.9 Å². The molecule has 0 aromatic carbocycles. The smallest absolute Gasteiger partial charge is 0.199 e. The van der Waals surface area contributed by atoms with E-state index in [1.54, 1.807) is 24.7 Å². The maximum absolute atomic E-state index is 5.60. The van der Waals surface area contributed by atoms with E-state index in [0.29, 0.717) is 21.9 Å². The van der Waals surface area contributed by atoms with Crippen molar-refractivity contribution in [1.29, 1.82) is 0 Å². The van der Waals surface area contributed by atoms with Gasteiger partial charge in [-0.3, -0.25) is 0 Å². The van der Waals surface area contributed by atoms with Crippen LogP contribution in [0.15, 0.2) is 29.1 Å². The number of hydrogen-bond acceptors (Lipinski definition) is 5. The van der Waals surface area contributed by atoms with Gasteiger partial charge in [-0.2, -0.15) is 0 Å². The lowest BCUT2D eigenvalue weighted by atomic mass is 10.5. The minimum absolute atomic E-state index is 0.377. The van der Waals surface area contributed by atoms with Gasteiger partial charge in [-0.1, -0.05) is 0 Å². The van der Waals surface area contributed by atoms with E-state index in [9.17, 15) is 0 Å². The van der Waals surface area contributed by atoms with Crippen molar-refractivity contribution in [2.75, 3.05) is 5.73 Å². The number of rotatable bonds is 1. The fourth-order valence-electron chi connectivity index (χ4n) is 0.903. The third-order valence-electron chi connectivity index (χ3n) is 1.54. The highest BCUT2D eigenvalue weighted by Crippen LogP contribution is 2.17. The van der Waals surface area contributed by atoms with E-state index in [1.165, 1.54) is 0 Å². The number of nitrogen functional groups attached to an aromatic ring is 1. The zero-order valence-electron chi connectivity index (χ0n) is 7.05. The molecule has 0 aliphatic heterocycles. The first kappa shape index (κ1) is 9.01. The third-order valence-corrected chi connectivity index (χ3v) is 2.15. The topological polar surface area (TPSA) is 77.6 Å². The molecule has 0 spiro atoms. The molecule has 5 nitrogen and oxygen atoms in total. The summed E-state index contributed by atoms with van der Waals surface area (Å²) >= 11 is 3.21. The summed E-state index contributed by atoms with van der Waals surface area (Å²) in [5.41, 5.74) is 5.60. The Hall–Kier alpha value is -1.56. The van der Waals surface area contributed by atoms with Gasteiger partial charge < -0.3 is 5.73 Å². The van der Waals surface area contributed by atoms with Gasteiger partial charge in [0.15, 0.2) is 11.6 Å². The second-order valence-electron chi connectivity index (χ2n) is 2.50. The molecule has 2 rings (SSSR count). The molecule has 0 radical (unpaired) electrons. The van der Waals surface area contributed by atoms with Crippen molar-refractivity contribution in [3.63, 3.8) is 0 Å². The summed E-state index contributed by atoms with van der Waals surface area (Å²) in [5.74, 6) is 1.26. The number of hydrogen-bond donors (Lipinski definition) is 1. The maximum atomic E-state index is 5.60. The van der Waals surface area contributed by atoms with Crippen LogP contribution in [0, 0.1) is 0 Å². The van der Waals surface area contributed by atoms with Crippen LogP contribution in [0.4, 0.5) is 5.82 Å². The lowest BCUT2D eigenvalue weighted by molar-refractivity contribution is 1.08. The van der Waals surface area contributed by atoms with Gasteiger partial charge in [-0.15, -0.1) is 0 Å². The minimum atomic E-state index is 0.377.